The molecule has 1 fully saturated rings. The number of hydrogen-bond donors (Lipinski definition) is 2. The molecule has 0 aliphatic heterocycles. The van der Waals surface area contributed by atoms with Crippen molar-refractivity contribution < 1.29 is 0 Å². The van der Waals surface area contributed by atoms with Crippen LogP contribution in [0.2, 0.25) is 0 Å². The maximum atomic E-state index is 5.95. The molecule has 0 spiro atoms. The highest BCUT2D eigenvalue weighted by Crippen LogP contribution is 2.18. The number of nitrogens with two attached hydrogens (primary N) is 1. The van der Waals surface area contributed by atoms with Crippen molar-refractivity contribution in [2.75, 3.05) is 5.73 Å². The van der Waals surface area contributed by atoms with Crippen LogP contribution in [0, 0.1) is 0 Å². The number of nitrogen functional groups attached to an aromatic ring is 1. The highest BCUT2D eigenvalue weighted by atomic mass is 14.9. The van der Waals surface area contributed by atoms with E-state index in [2.05, 4.69) is 17.4 Å². The summed E-state index contributed by atoms with van der Waals surface area (Å²) >= 11 is 0. The van der Waals surface area contributed by atoms with Gasteiger partial charge in [0.1, 0.15) is 0 Å². The van der Waals surface area contributed by atoms with Crippen LogP contribution >= 0.6 is 0 Å². The summed E-state index contributed by atoms with van der Waals surface area (Å²) in [5, 5.41) is 3.67. The zero-order chi connectivity index (χ0) is 11.9. The van der Waals surface area contributed by atoms with Crippen LogP contribution in [-0.2, 0) is 6.54 Å². The lowest BCUT2D eigenvalue weighted by Crippen LogP contribution is -2.29. The van der Waals surface area contributed by atoms with Crippen molar-refractivity contribution in [1.29, 1.82) is 0 Å². The molecule has 2 rings (SSSR count). The van der Waals surface area contributed by atoms with Crippen molar-refractivity contribution in [2.24, 2.45) is 0 Å². The van der Waals surface area contributed by atoms with Gasteiger partial charge >= 0.3 is 0 Å². The summed E-state index contributed by atoms with van der Waals surface area (Å²) in [7, 11) is 0. The van der Waals surface area contributed by atoms with Crippen LogP contribution in [0.4, 0.5) is 5.69 Å². The summed E-state index contributed by atoms with van der Waals surface area (Å²) in [5.41, 5.74) is 8.09. The molecule has 17 heavy (non-hydrogen) atoms. The first-order chi connectivity index (χ1) is 8.36. The van der Waals surface area contributed by atoms with Crippen LogP contribution in [-0.4, -0.2) is 6.04 Å². The molecule has 3 N–H and O–H groups in total. The summed E-state index contributed by atoms with van der Waals surface area (Å²) in [4.78, 5) is 0. The molecule has 0 unspecified atom stereocenters. The fourth-order valence-corrected chi connectivity index (χ4v) is 2.61. The largest absolute Gasteiger partial charge is 0.398 e. The van der Waals surface area contributed by atoms with Crippen LogP contribution in [0.1, 0.15) is 50.5 Å². The lowest BCUT2D eigenvalue weighted by Gasteiger charge is -2.21. The number of para-hydroxylation sites is 1. The van der Waals surface area contributed by atoms with Gasteiger partial charge < -0.3 is 11.1 Å². The van der Waals surface area contributed by atoms with Crippen LogP contribution in [0.25, 0.3) is 0 Å². The molecular formula is C15H24N2. The Labute approximate surface area is 105 Å². The highest BCUT2D eigenvalue weighted by molar-refractivity contribution is 5.46. The Morgan fingerprint density at radius 2 is 1.65 bits per heavy atom. The molecule has 0 heterocycles. The van der Waals surface area contributed by atoms with Crippen molar-refractivity contribution in [2.45, 2.75) is 57.5 Å². The molecule has 1 saturated carbocycles. The Hall–Kier alpha value is -1.02. The normalized spacial score (nSPS) is 18.6. The van der Waals surface area contributed by atoms with E-state index in [1.54, 1.807) is 0 Å². The van der Waals surface area contributed by atoms with Crippen LogP contribution in [0.15, 0.2) is 24.3 Å². The van der Waals surface area contributed by atoms with E-state index in [1.165, 1.54) is 50.5 Å². The molecule has 0 atom stereocenters. The van der Waals surface area contributed by atoms with E-state index in [1.807, 2.05) is 12.1 Å². The molecule has 0 aromatic heterocycles. The summed E-state index contributed by atoms with van der Waals surface area (Å²) < 4.78 is 0. The quantitative estimate of drug-likeness (QED) is 0.783. The van der Waals surface area contributed by atoms with E-state index >= 15 is 0 Å². The third kappa shape index (κ3) is 4.04. The van der Waals surface area contributed by atoms with Gasteiger partial charge in [0.2, 0.25) is 0 Å². The third-order valence-electron chi connectivity index (χ3n) is 3.74. The second-order valence-corrected chi connectivity index (χ2v) is 5.12. The summed E-state index contributed by atoms with van der Waals surface area (Å²) in [6.45, 7) is 0.914. The average Bonchev–Trinajstić information content (AvgIpc) is 2.29. The smallest absolute Gasteiger partial charge is 0.0359 e. The molecule has 1 aliphatic carbocycles. The van der Waals surface area contributed by atoms with Crippen molar-refractivity contribution in [3.8, 4) is 0 Å². The van der Waals surface area contributed by atoms with Gasteiger partial charge in [0.25, 0.3) is 0 Å². The average molecular weight is 232 g/mol. The standard InChI is InChI=1S/C15H24N2/c16-15-11-7-6-8-13(15)12-17-14-9-4-2-1-3-5-10-14/h6-8,11,14,17H,1-5,9-10,12,16H2. The SMILES string of the molecule is Nc1ccccc1CNC1CCCCCCC1. The molecule has 0 saturated heterocycles. The Kier molecular flexibility index (Phi) is 4.87. The van der Waals surface area contributed by atoms with Gasteiger partial charge in [-0.1, -0.05) is 50.3 Å². The summed E-state index contributed by atoms with van der Waals surface area (Å²) in [5.74, 6) is 0. The second kappa shape index (κ2) is 6.65. The number of anilines is 1. The zero-order valence-corrected chi connectivity index (χ0v) is 10.6. The van der Waals surface area contributed by atoms with Gasteiger partial charge in [-0.05, 0) is 24.5 Å². The Morgan fingerprint density at radius 1 is 1.00 bits per heavy atom. The summed E-state index contributed by atoms with van der Waals surface area (Å²) in [6, 6.07) is 8.84. The number of benzene rings is 1. The molecule has 0 radical (unpaired) electrons. The van der Waals surface area contributed by atoms with E-state index in [-0.39, 0.29) is 0 Å². The fraction of sp³-hybridized carbons (Fsp3) is 0.600. The van der Waals surface area contributed by atoms with E-state index in [9.17, 15) is 0 Å². The van der Waals surface area contributed by atoms with Gasteiger partial charge in [0, 0.05) is 18.3 Å². The first-order valence-corrected chi connectivity index (χ1v) is 6.93. The maximum absolute atomic E-state index is 5.95. The maximum Gasteiger partial charge on any atom is 0.0359 e. The van der Waals surface area contributed by atoms with Crippen LogP contribution in [0.5, 0.6) is 0 Å². The minimum atomic E-state index is 0.690. The fourth-order valence-electron chi connectivity index (χ4n) is 2.61. The lowest BCUT2D eigenvalue weighted by molar-refractivity contribution is 0.389. The lowest BCUT2D eigenvalue weighted by atomic mass is 9.96. The molecular weight excluding hydrogens is 208 g/mol. The topological polar surface area (TPSA) is 38.0 Å². The van der Waals surface area contributed by atoms with Gasteiger partial charge in [-0.3, -0.25) is 0 Å². The molecule has 2 nitrogen and oxygen atoms in total. The Bertz CT molecular complexity index is 327. The predicted octanol–water partition coefficient (Wildman–Crippen LogP) is 3.47. The van der Waals surface area contributed by atoms with Crippen molar-refractivity contribution in [1.82, 2.24) is 5.32 Å². The molecule has 1 aromatic carbocycles. The van der Waals surface area contributed by atoms with Gasteiger partial charge in [-0.25, -0.2) is 0 Å². The third-order valence-corrected chi connectivity index (χ3v) is 3.74. The van der Waals surface area contributed by atoms with Crippen molar-refractivity contribution >= 4 is 5.69 Å². The van der Waals surface area contributed by atoms with Gasteiger partial charge in [-0.2, -0.15) is 0 Å². The number of hydrogen-bond acceptors (Lipinski definition) is 2. The highest BCUT2D eigenvalue weighted by Gasteiger charge is 2.10. The first-order valence-electron chi connectivity index (χ1n) is 6.93. The second-order valence-electron chi connectivity index (χ2n) is 5.12. The van der Waals surface area contributed by atoms with Gasteiger partial charge in [0.05, 0.1) is 0 Å². The molecule has 2 heteroatoms. The van der Waals surface area contributed by atoms with Crippen molar-refractivity contribution in [3.05, 3.63) is 29.8 Å². The molecule has 1 aliphatic rings. The Morgan fingerprint density at radius 3 is 2.35 bits per heavy atom. The van der Waals surface area contributed by atoms with Crippen LogP contribution in [0.3, 0.4) is 0 Å². The minimum absolute atomic E-state index is 0.690. The molecule has 1 aromatic rings. The molecule has 0 bridgehead atoms. The van der Waals surface area contributed by atoms with Crippen molar-refractivity contribution in [3.63, 3.8) is 0 Å². The monoisotopic (exact) mass is 232 g/mol. The van der Waals surface area contributed by atoms with E-state index < -0.39 is 0 Å². The molecule has 94 valence electrons. The predicted molar refractivity (Wildman–Crippen MR) is 73.8 cm³/mol. The Balaban J connectivity index is 1.82. The first kappa shape index (κ1) is 12.4. The van der Waals surface area contributed by atoms with E-state index in [0.29, 0.717) is 6.04 Å². The van der Waals surface area contributed by atoms with Gasteiger partial charge in [0.15, 0.2) is 0 Å². The van der Waals surface area contributed by atoms with E-state index in [4.69, 9.17) is 5.73 Å². The van der Waals surface area contributed by atoms with Gasteiger partial charge in [-0.15, -0.1) is 0 Å². The van der Waals surface area contributed by atoms with Crippen LogP contribution < -0.4 is 11.1 Å². The number of rotatable bonds is 3. The minimum Gasteiger partial charge on any atom is -0.398 e. The molecule has 0 amide bonds. The zero-order valence-electron chi connectivity index (χ0n) is 10.6. The number of nitrogens with one attached hydrogen (secondary N) is 1. The van der Waals surface area contributed by atoms with E-state index in [0.717, 1.165) is 12.2 Å². The summed E-state index contributed by atoms with van der Waals surface area (Å²) in [6.07, 6.45) is 9.65.